The molecule has 1 aromatic heterocycles. The van der Waals surface area contributed by atoms with Crippen LogP contribution in [0.25, 0.3) is 0 Å². The van der Waals surface area contributed by atoms with Crippen LogP contribution in [0, 0.1) is 18.6 Å². The van der Waals surface area contributed by atoms with Crippen molar-refractivity contribution in [1.29, 1.82) is 0 Å². The largest absolute Gasteiger partial charge is 0.394 e. The molecule has 0 aliphatic heterocycles. The molecule has 2 rings (SSSR count). The van der Waals surface area contributed by atoms with Crippen LogP contribution in [-0.2, 0) is 4.84 Å². The van der Waals surface area contributed by atoms with Gasteiger partial charge in [-0.2, -0.15) is 0 Å². The molecule has 7 nitrogen and oxygen atoms in total. The second-order valence-corrected chi connectivity index (χ2v) is 6.16. The first-order valence-corrected chi connectivity index (χ1v) is 8.21. The number of aliphatic hydroxyl groups excluding tert-OH is 2. The summed E-state index contributed by atoms with van der Waals surface area (Å²) in [4.78, 5) is 21.0. The van der Waals surface area contributed by atoms with Crippen molar-refractivity contribution >= 4 is 33.2 Å². The molecule has 10 heteroatoms. The van der Waals surface area contributed by atoms with Crippen LogP contribution < -0.4 is 10.8 Å². The highest BCUT2D eigenvalue weighted by Gasteiger charge is 2.22. The number of carbonyl (C=O) groups is 1. The summed E-state index contributed by atoms with van der Waals surface area (Å²) in [5.74, 6) is -3.31. The van der Waals surface area contributed by atoms with Gasteiger partial charge >= 0.3 is 0 Å². The number of amides is 1. The van der Waals surface area contributed by atoms with E-state index in [1.165, 1.54) is 6.20 Å². The maximum Gasteiger partial charge on any atom is 0.277 e. The van der Waals surface area contributed by atoms with E-state index in [2.05, 4.69) is 26.2 Å². The molecule has 1 heterocycles. The minimum absolute atomic E-state index is 0.241. The zero-order valence-corrected chi connectivity index (χ0v) is 15.2. The Labute approximate surface area is 156 Å². The van der Waals surface area contributed by atoms with E-state index < -0.39 is 35.9 Å². The number of hydrogen-bond donors (Lipinski definition) is 4. The van der Waals surface area contributed by atoms with E-state index in [1.54, 1.807) is 19.1 Å². The van der Waals surface area contributed by atoms with Crippen molar-refractivity contribution in [3.05, 3.63) is 51.8 Å². The zero-order chi connectivity index (χ0) is 19.3. The van der Waals surface area contributed by atoms with E-state index >= 15 is 0 Å². The summed E-state index contributed by atoms with van der Waals surface area (Å²) in [6.45, 7) is 0.832. The van der Waals surface area contributed by atoms with Crippen LogP contribution in [0.3, 0.4) is 0 Å². The molecule has 0 aliphatic carbocycles. The number of rotatable bonds is 7. The maximum atomic E-state index is 14.4. The second kappa shape index (κ2) is 8.99. The van der Waals surface area contributed by atoms with Gasteiger partial charge in [-0.1, -0.05) is 0 Å². The number of pyridine rings is 1. The van der Waals surface area contributed by atoms with E-state index in [-0.39, 0.29) is 16.6 Å². The van der Waals surface area contributed by atoms with Gasteiger partial charge in [-0.15, -0.1) is 0 Å². The molecule has 26 heavy (non-hydrogen) atoms. The molecule has 0 spiro atoms. The lowest BCUT2D eigenvalue weighted by Crippen LogP contribution is -2.30. The maximum absolute atomic E-state index is 14.4. The molecule has 2 aromatic rings. The van der Waals surface area contributed by atoms with Crippen LogP contribution in [0.4, 0.5) is 20.2 Å². The molecule has 0 saturated carbocycles. The molecular formula is C16H16BrF2N3O4. The van der Waals surface area contributed by atoms with Gasteiger partial charge in [-0.25, -0.2) is 14.3 Å². The third-order valence-electron chi connectivity index (χ3n) is 3.24. The van der Waals surface area contributed by atoms with E-state index in [9.17, 15) is 18.7 Å². The molecule has 0 aliphatic rings. The van der Waals surface area contributed by atoms with Gasteiger partial charge in [0, 0.05) is 5.69 Å². The van der Waals surface area contributed by atoms with Crippen molar-refractivity contribution < 1.29 is 28.6 Å². The molecule has 4 N–H and O–H groups in total. The van der Waals surface area contributed by atoms with Gasteiger partial charge < -0.3 is 15.5 Å². The van der Waals surface area contributed by atoms with Gasteiger partial charge in [-0.3, -0.25) is 14.6 Å². The van der Waals surface area contributed by atoms with Crippen LogP contribution in [-0.4, -0.2) is 40.4 Å². The topological polar surface area (TPSA) is 104 Å². The van der Waals surface area contributed by atoms with Crippen molar-refractivity contribution in [1.82, 2.24) is 10.5 Å². The molecule has 1 amide bonds. The van der Waals surface area contributed by atoms with Crippen molar-refractivity contribution in [2.45, 2.75) is 13.0 Å². The minimum Gasteiger partial charge on any atom is -0.394 e. The third-order valence-corrected chi connectivity index (χ3v) is 3.82. The number of aromatic nitrogens is 1. The number of nitrogens with one attached hydrogen (secondary N) is 2. The van der Waals surface area contributed by atoms with Crippen LogP contribution >= 0.6 is 15.9 Å². The van der Waals surface area contributed by atoms with Crippen molar-refractivity contribution in [2.24, 2.45) is 0 Å². The van der Waals surface area contributed by atoms with Crippen LogP contribution in [0.5, 0.6) is 0 Å². The fraction of sp³-hybridized carbons (Fsp3) is 0.250. The van der Waals surface area contributed by atoms with Crippen molar-refractivity contribution in [3.63, 3.8) is 0 Å². The summed E-state index contributed by atoms with van der Waals surface area (Å²) in [6.07, 6.45) is 0.216. The smallest absolute Gasteiger partial charge is 0.277 e. The number of halogens is 3. The summed E-state index contributed by atoms with van der Waals surface area (Å²) in [6, 6.07) is 4.34. The second-order valence-electron chi connectivity index (χ2n) is 5.30. The number of hydrogen-bond acceptors (Lipinski definition) is 6. The Bertz CT molecular complexity index is 790. The van der Waals surface area contributed by atoms with Crippen LogP contribution in [0.1, 0.15) is 16.1 Å². The van der Waals surface area contributed by atoms with Gasteiger partial charge in [0.1, 0.15) is 12.7 Å². The Kier molecular flexibility index (Phi) is 6.98. The number of hydroxylamine groups is 1. The van der Waals surface area contributed by atoms with Crippen molar-refractivity contribution in [3.8, 4) is 0 Å². The Balaban J connectivity index is 2.29. The highest BCUT2D eigenvalue weighted by Crippen LogP contribution is 2.31. The summed E-state index contributed by atoms with van der Waals surface area (Å²) in [5.41, 5.74) is 2.43. The Morgan fingerprint density at radius 2 is 2.12 bits per heavy atom. The molecule has 140 valence electrons. The quantitative estimate of drug-likeness (QED) is 0.395. The molecule has 0 fully saturated rings. The fourth-order valence-corrected chi connectivity index (χ4v) is 2.30. The number of nitrogens with zero attached hydrogens (tertiary/aromatic N) is 1. The highest BCUT2D eigenvalue weighted by atomic mass is 79.9. The average Bonchev–Trinajstić information content (AvgIpc) is 2.63. The Morgan fingerprint density at radius 3 is 2.73 bits per heavy atom. The van der Waals surface area contributed by atoms with Gasteiger partial charge in [0.15, 0.2) is 11.6 Å². The van der Waals surface area contributed by atoms with E-state index in [0.717, 1.165) is 11.8 Å². The molecule has 0 saturated heterocycles. The SMILES string of the molecule is Cc1ccc(Nc2c(C(=O)NOCC(O)CO)cc(Br)c(F)c2F)cn1. The molecule has 1 unspecified atom stereocenters. The first-order chi connectivity index (χ1) is 12.3. The lowest BCUT2D eigenvalue weighted by atomic mass is 10.1. The average molecular weight is 432 g/mol. The van der Waals surface area contributed by atoms with Gasteiger partial charge in [0.2, 0.25) is 0 Å². The van der Waals surface area contributed by atoms with E-state index in [4.69, 9.17) is 9.94 Å². The van der Waals surface area contributed by atoms with E-state index in [1.807, 2.05) is 5.48 Å². The summed E-state index contributed by atoms with van der Waals surface area (Å²) < 4.78 is 28.0. The Morgan fingerprint density at radius 1 is 1.38 bits per heavy atom. The fourth-order valence-electron chi connectivity index (χ4n) is 1.89. The number of anilines is 2. The first-order valence-electron chi connectivity index (χ1n) is 7.41. The summed E-state index contributed by atoms with van der Waals surface area (Å²) >= 11 is 2.85. The van der Waals surface area contributed by atoms with E-state index in [0.29, 0.717) is 5.69 Å². The highest BCUT2D eigenvalue weighted by molar-refractivity contribution is 9.10. The lowest BCUT2D eigenvalue weighted by Gasteiger charge is -2.15. The number of aryl methyl sites for hydroxylation is 1. The van der Waals surface area contributed by atoms with Gasteiger partial charge in [-0.05, 0) is 41.1 Å². The monoisotopic (exact) mass is 431 g/mol. The molecular weight excluding hydrogens is 416 g/mol. The van der Waals surface area contributed by atoms with Gasteiger partial charge in [0.05, 0.1) is 34.2 Å². The number of carbonyl (C=O) groups excluding carboxylic acids is 1. The summed E-state index contributed by atoms with van der Waals surface area (Å²) in [7, 11) is 0. The summed E-state index contributed by atoms with van der Waals surface area (Å²) in [5, 5.41) is 20.5. The normalized spacial score (nSPS) is 11.9. The Hall–Kier alpha value is -2.14. The predicted octanol–water partition coefficient (Wildman–Crippen LogP) is 2.19. The zero-order valence-electron chi connectivity index (χ0n) is 13.6. The minimum atomic E-state index is -1.26. The standard InChI is InChI=1S/C16H16BrF2N3O4/c1-8-2-3-9(5-20-8)21-15-11(4-12(17)13(18)14(15)19)16(25)22-26-7-10(24)6-23/h2-5,10,21,23-24H,6-7H2,1H3,(H,22,25). The number of aliphatic hydroxyl groups is 2. The van der Waals surface area contributed by atoms with Crippen LogP contribution in [0.15, 0.2) is 28.9 Å². The molecule has 0 radical (unpaired) electrons. The predicted molar refractivity (Wildman–Crippen MR) is 92.8 cm³/mol. The van der Waals surface area contributed by atoms with Crippen molar-refractivity contribution in [2.75, 3.05) is 18.5 Å². The third kappa shape index (κ3) is 4.94. The van der Waals surface area contributed by atoms with Crippen LogP contribution in [0.2, 0.25) is 0 Å². The lowest BCUT2D eigenvalue weighted by molar-refractivity contribution is -0.0295. The van der Waals surface area contributed by atoms with Gasteiger partial charge in [0.25, 0.3) is 5.91 Å². The number of benzene rings is 1. The molecule has 1 atom stereocenters. The molecule has 1 aromatic carbocycles. The first kappa shape index (κ1) is 20.2. The molecule has 0 bridgehead atoms.